The topological polar surface area (TPSA) is 155 Å². The van der Waals surface area contributed by atoms with E-state index in [-0.39, 0.29) is 42.8 Å². The van der Waals surface area contributed by atoms with E-state index < -0.39 is 24.0 Å². The van der Waals surface area contributed by atoms with Crippen LogP contribution < -0.4 is 16.4 Å². The molecule has 0 bridgehead atoms. The zero-order valence-electron chi connectivity index (χ0n) is 21.8. The Balaban J connectivity index is 1.22. The summed E-state index contributed by atoms with van der Waals surface area (Å²) in [6.07, 6.45) is 3.46. The lowest BCUT2D eigenvalue weighted by Gasteiger charge is -2.23. The number of carbonyl (C=O) groups is 4. The number of thiazole rings is 1. The summed E-state index contributed by atoms with van der Waals surface area (Å²) in [5, 5.41) is 18.3. The average molecular weight is 562 g/mol. The Bertz CT molecular complexity index is 1420. The smallest absolute Gasteiger partial charge is 0.251 e. The van der Waals surface area contributed by atoms with Gasteiger partial charge in [-0.15, -0.1) is 11.3 Å². The van der Waals surface area contributed by atoms with Crippen LogP contribution in [0.4, 0.5) is 5.13 Å². The molecule has 2 aromatic carbocycles. The van der Waals surface area contributed by atoms with Crippen LogP contribution in [0.25, 0.3) is 11.3 Å². The molecule has 3 aromatic rings. The maximum absolute atomic E-state index is 13.1. The highest BCUT2D eigenvalue weighted by atomic mass is 32.1. The lowest BCUT2D eigenvalue weighted by atomic mass is 10.0. The van der Waals surface area contributed by atoms with Crippen LogP contribution in [0.3, 0.4) is 0 Å². The monoisotopic (exact) mass is 561 g/mol. The van der Waals surface area contributed by atoms with Gasteiger partial charge in [0.2, 0.25) is 17.7 Å². The summed E-state index contributed by atoms with van der Waals surface area (Å²) in [6, 6.07) is 13.1. The van der Waals surface area contributed by atoms with E-state index in [2.05, 4.69) is 15.6 Å². The molecule has 4 amide bonds. The van der Waals surface area contributed by atoms with Crippen molar-refractivity contribution < 1.29 is 24.3 Å². The molecule has 10 nitrogen and oxygen atoms in total. The third-order valence-corrected chi connectivity index (χ3v) is 8.15. The number of nitrogens with one attached hydrogen (secondary N) is 2. The number of aliphatic hydroxyl groups is 1. The van der Waals surface area contributed by atoms with E-state index in [9.17, 15) is 24.3 Å². The molecule has 0 radical (unpaired) electrons. The third kappa shape index (κ3) is 6.21. The van der Waals surface area contributed by atoms with Crippen LogP contribution in [0.15, 0.2) is 53.9 Å². The Kier molecular flexibility index (Phi) is 8.22. The zero-order chi connectivity index (χ0) is 28.2. The standard InChI is InChI=1S/C29H31N5O5S/c30-26(37)22-8-4-1-5-19(22)13-25(36)34-15-21(35)14-24(34)28(39)33-29-32-23(16-40-29)17-9-11-18(12-10-17)27(38)31-20-6-2-3-7-20/h1,4-5,8-12,16,20-21,24,35H,2-3,6-7,13-15H2,(H2,30,37)(H,31,38)(H,32,33,39)/t21-,24-/m0/s1. The van der Waals surface area contributed by atoms with Crippen LogP contribution in [-0.4, -0.2) is 63.4 Å². The fourth-order valence-corrected chi connectivity index (χ4v) is 6.02. The fourth-order valence-electron chi connectivity index (χ4n) is 5.30. The quantitative estimate of drug-likeness (QED) is 0.332. The molecule has 2 heterocycles. The number of β-amino-alcohol motifs (C(OH)–C–C–N with tert-alkyl or cyclic N) is 1. The molecule has 40 heavy (non-hydrogen) atoms. The molecule has 1 aliphatic carbocycles. The number of hydrogen-bond donors (Lipinski definition) is 4. The second-order valence-electron chi connectivity index (χ2n) is 10.2. The third-order valence-electron chi connectivity index (χ3n) is 7.39. The molecule has 11 heteroatoms. The van der Waals surface area contributed by atoms with Gasteiger partial charge in [0.1, 0.15) is 6.04 Å². The molecule has 5 N–H and O–H groups in total. The van der Waals surface area contributed by atoms with Gasteiger partial charge >= 0.3 is 0 Å². The van der Waals surface area contributed by atoms with Crippen molar-refractivity contribution in [3.05, 3.63) is 70.6 Å². The number of benzene rings is 2. The number of anilines is 1. The molecule has 0 unspecified atom stereocenters. The van der Waals surface area contributed by atoms with Crippen molar-refractivity contribution in [3.8, 4) is 11.3 Å². The molecular formula is C29H31N5O5S. The van der Waals surface area contributed by atoms with Gasteiger partial charge in [-0.2, -0.15) is 0 Å². The largest absolute Gasteiger partial charge is 0.391 e. The highest BCUT2D eigenvalue weighted by Crippen LogP contribution is 2.27. The van der Waals surface area contributed by atoms with Gasteiger partial charge in [-0.1, -0.05) is 43.2 Å². The molecule has 1 saturated heterocycles. The van der Waals surface area contributed by atoms with E-state index in [1.807, 2.05) is 12.1 Å². The van der Waals surface area contributed by atoms with Crippen molar-refractivity contribution in [2.45, 2.75) is 56.7 Å². The van der Waals surface area contributed by atoms with Gasteiger partial charge in [0.05, 0.1) is 18.2 Å². The first-order chi connectivity index (χ1) is 19.3. The van der Waals surface area contributed by atoms with E-state index in [4.69, 9.17) is 5.73 Å². The van der Waals surface area contributed by atoms with Gasteiger partial charge in [-0.25, -0.2) is 4.98 Å². The van der Waals surface area contributed by atoms with Crippen molar-refractivity contribution in [1.82, 2.24) is 15.2 Å². The number of primary amides is 1. The van der Waals surface area contributed by atoms with E-state index in [0.717, 1.165) is 31.2 Å². The molecule has 5 rings (SSSR count). The predicted molar refractivity (Wildman–Crippen MR) is 151 cm³/mol. The number of carbonyl (C=O) groups excluding carboxylic acids is 4. The van der Waals surface area contributed by atoms with Gasteiger partial charge in [-0.3, -0.25) is 19.2 Å². The normalized spacial score (nSPS) is 19.0. The number of likely N-dealkylation sites (tertiary alicyclic amines) is 1. The first-order valence-corrected chi connectivity index (χ1v) is 14.2. The summed E-state index contributed by atoms with van der Waals surface area (Å²) in [7, 11) is 0. The Morgan fingerprint density at radius 3 is 2.50 bits per heavy atom. The van der Waals surface area contributed by atoms with Gasteiger partial charge in [0.15, 0.2) is 5.13 Å². The second-order valence-corrected chi connectivity index (χ2v) is 11.1. The van der Waals surface area contributed by atoms with Crippen molar-refractivity contribution in [2.24, 2.45) is 5.73 Å². The predicted octanol–water partition coefficient (Wildman–Crippen LogP) is 2.72. The number of nitrogens with zero attached hydrogens (tertiary/aromatic N) is 2. The maximum atomic E-state index is 13.1. The van der Waals surface area contributed by atoms with Gasteiger partial charge in [-0.05, 0) is 36.6 Å². The van der Waals surface area contributed by atoms with E-state index in [1.54, 1.807) is 41.8 Å². The highest BCUT2D eigenvalue weighted by molar-refractivity contribution is 7.14. The first kappa shape index (κ1) is 27.5. The lowest BCUT2D eigenvalue weighted by Crippen LogP contribution is -2.44. The highest BCUT2D eigenvalue weighted by Gasteiger charge is 2.39. The van der Waals surface area contributed by atoms with Crippen LogP contribution in [0, 0.1) is 0 Å². The Hall–Kier alpha value is -4.09. The second kappa shape index (κ2) is 12.0. The van der Waals surface area contributed by atoms with Gasteiger partial charge < -0.3 is 26.4 Å². The summed E-state index contributed by atoms with van der Waals surface area (Å²) in [6.45, 7) is 0.0133. The summed E-state index contributed by atoms with van der Waals surface area (Å²) >= 11 is 1.24. The molecule has 2 aliphatic rings. The molecule has 1 aliphatic heterocycles. The minimum Gasteiger partial charge on any atom is -0.391 e. The van der Waals surface area contributed by atoms with Crippen molar-refractivity contribution in [3.63, 3.8) is 0 Å². The van der Waals surface area contributed by atoms with Crippen molar-refractivity contribution in [1.29, 1.82) is 0 Å². The SMILES string of the molecule is NC(=O)c1ccccc1CC(=O)N1C[C@@H](O)C[C@H]1C(=O)Nc1nc(-c2ccc(C(=O)NC3CCCC3)cc2)cs1. The number of hydrogen-bond acceptors (Lipinski definition) is 7. The summed E-state index contributed by atoms with van der Waals surface area (Å²) < 4.78 is 0. The van der Waals surface area contributed by atoms with Crippen LogP contribution in [0.2, 0.25) is 0 Å². The van der Waals surface area contributed by atoms with E-state index >= 15 is 0 Å². The number of aliphatic hydroxyl groups excluding tert-OH is 1. The summed E-state index contributed by atoms with van der Waals surface area (Å²) in [5.41, 5.74) is 8.17. The van der Waals surface area contributed by atoms with Crippen molar-refractivity contribution >= 4 is 40.1 Å². The molecule has 208 valence electrons. The molecule has 0 spiro atoms. The Labute approximate surface area is 235 Å². The lowest BCUT2D eigenvalue weighted by molar-refractivity contribution is -0.136. The van der Waals surface area contributed by atoms with E-state index in [0.29, 0.717) is 22.0 Å². The average Bonchev–Trinajstić information content (AvgIpc) is 3.71. The number of amides is 4. The minimum atomic E-state index is -0.881. The Morgan fingerprint density at radius 2 is 1.77 bits per heavy atom. The van der Waals surface area contributed by atoms with Gasteiger partial charge in [0, 0.05) is 41.1 Å². The molecule has 2 atom stereocenters. The fraction of sp³-hybridized carbons (Fsp3) is 0.345. The number of rotatable bonds is 8. The molecular weight excluding hydrogens is 530 g/mol. The van der Waals surface area contributed by atoms with Crippen LogP contribution in [0.5, 0.6) is 0 Å². The van der Waals surface area contributed by atoms with Crippen molar-refractivity contribution in [2.75, 3.05) is 11.9 Å². The maximum Gasteiger partial charge on any atom is 0.251 e. The summed E-state index contributed by atoms with van der Waals surface area (Å²) in [4.78, 5) is 56.3. The number of nitrogens with two attached hydrogens (primary N) is 1. The molecule has 1 aromatic heterocycles. The number of aromatic nitrogens is 1. The van der Waals surface area contributed by atoms with E-state index in [1.165, 1.54) is 16.2 Å². The molecule has 2 fully saturated rings. The first-order valence-electron chi connectivity index (χ1n) is 13.3. The zero-order valence-corrected chi connectivity index (χ0v) is 22.7. The molecule has 1 saturated carbocycles. The van der Waals surface area contributed by atoms with Crippen LogP contribution in [-0.2, 0) is 16.0 Å². The summed E-state index contributed by atoms with van der Waals surface area (Å²) in [5.74, 6) is -1.56. The van der Waals surface area contributed by atoms with Crippen LogP contribution in [0.1, 0.15) is 58.4 Å². The minimum absolute atomic E-state index is 0.0133. The van der Waals surface area contributed by atoms with Gasteiger partial charge in [0.25, 0.3) is 5.91 Å². The Morgan fingerprint density at radius 1 is 1.05 bits per heavy atom. The van der Waals surface area contributed by atoms with Crippen LogP contribution >= 0.6 is 11.3 Å².